The zero-order chi connectivity index (χ0) is 22.2. The van der Waals surface area contributed by atoms with Crippen LogP contribution in [0.15, 0.2) is 53.4 Å². The van der Waals surface area contributed by atoms with Crippen LogP contribution in [0.2, 0.25) is 0 Å². The molecule has 0 saturated carbocycles. The van der Waals surface area contributed by atoms with E-state index in [0.29, 0.717) is 24.6 Å². The number of piperidine rings is 1. The zero-order valence-electron chi connectivity index (χ0n) is 17.6. The minimum Gasteiger partial charge on any atom is -0.298 e. The number of likely N-dealkylation sites (tertiary alicyclic amines) is 1. The number of benzene rings is 2. The van der Waals surface area contributed by atoms with Crippen molar-refractivity contribution in [1.82, 2.24) is 4.90 Å². The lowest BCUT2D eigenvalue weighted by Crippen LogP contribution is -2.49. The molecular weight excluding hydrogens is 437 g/mol. The summed E-state index contributed by atoms with van der Waals surface area (Å²) in [7, 11) is -7.63. The van der Waals surface area contributed by atoms with Crippen molar-refractivity contribution in [2.45, 2.75) is 42.4 Å². The van der Waals surface area contributed by atoms with Crippen LogP contribution in [-0.2, 0) is 26.1 Å². The van der Waals surface area contributed by atoms with Gasteiger partial charge < -0.3 is 0 Å². The standard InChI is InChI=1S/C23H28FNO4S2/c1-17-7-8-20(24)22(13-17)31(28,29)23-16-30(26,27)15-21(23)25-11-9-19(10-12-25)14-18-5-3-2-4-6-18/h2-8,13,19,21,23H,9-12,14-16H2,1H3/t21-,23-/m0/s1. The van der Waals surface area contributed by atoms with Gasteiger partial charge in [0.1, 0.15) is 10.7 Å². The van der Waals surface area contributed by atoms with Gasteiger partial charge in [0.25, 0.3) is 0 Å². The molecule has 0 aromatic heterocycles. The van der Waals surface area contributed by atoms with Crippen molar-refractivity contribution < 1.29 is 21.2 Å². The Balaban J connectivity index is 1.53. The van der Waals surface area contributed by atoms with Crippen LogP contribution in [0.4, 0.5) is 4.39 Å². The number of aryl methyl sites for hydroxylation is 1. The predicted molar refractivity (Wildman–Crippen MR) is 119 cm³/mol. The van der Waals surface area contributed by atoms with Gasteiger partial charge in [0.2, 0.25) is 0 Å². The van der Waals surface area contributed by atoms with Gasteiger partial charge in [0.15, 0.2) is 19.7 Å². The van der Waals surface area contributed by atoms with E-state index in [1.165, 1.54) is 17.7 Å². The Morgan fingerprint density at radius 2 is 1.71 bits per heavy atom. The smallest absolute Gasteiger partial charge is 0.186 e. The van der Waals surface area contributed by atoms with Crippen LogP contribution in [0.5, 0.6) is 0 Å². The van der Waals surface area contributed by atoms with Gasteiger partial charge in [-0.25, -0.2) is 21.2 Å². The van der Waals surface area contributed by atoms with Crippen LogP contribution in [-0.4, -0.2) is 57.6 Å². The van der Waals surface area contributed by atoms with E-state index in [0.717, 1.165) is 25.3 Å². The second kappa shape index (κ2) is 8.64. The number of hydrogen-bond donors (Lipinski definition) is 0. The van der Waals surface area contributed by atoms with Crippen LogP contribution in [0.25, 0.3) is 0 Å². The van der Waals surface area contributed by atoms with E-state index >= 15 is 0 Å². The summed E-state index contributed by atoms with van der Waals surface area (Å²) in [6.45, 7) is 3.00. The number of hydrogen-bond acceptors (Lipinski definition) is 5. The van der Waals surface area contributed by atoms with Gasteiger partial charge in [-0.15, -0.1) is 0 Å². The average Bonchev–Trinajstić information content (AvgIpc) is 3.07. The number of halogens is 1. The molecule has 2 aliphatic heterocycles. The summed E-state index contributed by atoms with van der Waals surface area (Å²) < 4.78 is 65.9. The molecule has 2 saturated heterocycles. The molecule has 0 bridgehead atoms. The Morgan fingerprint density at radius 1 is 1.03 bits per heavy atom. The molecule has 4 rings (SSSR count). The van der Waals surface area contributed by atoms with Crippen molar-refractivity contribution in [2.75, 3.05) is 24.6 Å². The number of rotatable bonds is 5. The SMILES string of the molecule is Cc1ccc(F)c(S(=O)(=O)[C@H]2CS(=O)(=O)C[C@@H]2N2CCC(Cc3ccccc3)CC2)c1. The number of nitrogens with zero attached hydrogens (tertiary/aromatic N) is 1. The second-order valence-corrected chi connectivity index (χ2v) is 13.1. The molecule has 2 atom stereocenters. The molecule has 31 heavy (non-hydrogen) atoms. The first kappa shape index (κ1) is 22.4. The van der Waals surface area contributed by atoms with E-state index in [4.69, 9.17) is 0 Å². The van der Waals surface area contributed by atoms with E-state index in [2.05, 4.69) is 12.1 Å². The van der Waals surface area contributed by atoms with Crippen LogP contribution in [0.3, 0.4) is 0 Å². The maximum absolute atomic E-state index is 14.4. The molecule has 0 N–H and O–H groups in total. The maximum atomic E-state index is 14.4. The van der Waals surface area contributed by atoms with Gasteiger partial charge in [-0.2, -0.15) is 0 Å². The van der Waals surface area contributed by atoms with Crippen LogP contribution >= 0.6 is 0 Å². The minimum absolute atomic E-state index is 0.187. The van der Waals surface area contributed by atoms with Gasteiger partial charge in [-0.05, 0) is 68.5 Å². The van der Waals surface area contributed by atoms with E-state index in [-0.39, 0.29) is 5.75 Å². The quantitative estimate of drug-likeness (QED) is 0.679. The lowest BCUT2D eigenvalue weighted by molar-refractivity contribution is 0.144. The Labute approximate surface area is 184 Å². The summed E-state index contributed by atoms with van der Waals surface area (Å²) >= 11 is 0. The molecule has 2 fully saturated rings. The topological polar surface area (TPSA) is 71.5 Å². The average molecular weight is 466 g/mol. The molecule has 2 aromatic rings. The zero-order valence-corrected chi connectivity index (χ0v) is 19.2. The first-order chi connectivity index (χ1) is 14.7. The second-order valence-electron chi connectivity index (χ2n) is 8.83. The van der Waals surface area contributed by atoms with Crippen molar-refractivity contribution >= 4 is 19.7 Å². The normalized spacial score (nSPS) is 25.0. The fourth-order valence-corrected chi connectivity index (χ4v) is 9.84. The van der Waals surface area contributed by atoms with Crippen LogP contribution < -0.4 is 0 Å². The van der Waals surface area contributed by atoms with Crippen molar-refractivity contribution in [3.05, 3.63) is 65.5 Å². The highest BCUT2D eigenvalue weighted by atomic mass is 32.2. The van der Waals surface area contributed by atoms with Gasteiger partial charge in [0, 0.05) is 6.04 Å². The number of sulfone groups is 2. The van der Waals surface area contributed by atoms with Crippen molar-refractivity contribution in [3.63, 3.8) is 0 Å². The van der Waals surface area contributed by atoms with Crippen LogP contribution in [0.1, 0.15) is 24.0 Å². The monoisotopic (exact) mass is 465 g/mol. The molecule has 0 spiro atoms. The first-order valence-electron chi connectivity index (χ1n) is 10.6. The first-order valence-corrected chi connectivity index (χ1v) is 14.0. The highest BCUT2D eigenvalue weighted by Gasteiger charge is 2.49. The summed E-state index contributed by atoms with van der Waals surface area (Å²) in [5.41, 5.74) is 1.90. The molecule has 2 aliphatic rings. The summed E-state index contributed by atoms with van der Waals surface area (Å²) in [6.07, 6.45) is 2.74. The molecule has 2 heterocycles. The molecule has 8 heteroatoms. The summed E-state index contributed by atoms with van der Waals surface area (Å²) in [6, 6.07) is 13.6. The van der Waals surface area contributed by atoms with E-state index in [1.807, 2.05) is 23.1 Å². The van der Waals surface area contributed by atoms with Gasteiger partial charge in [-0.3, -0.25) is 4.90 Å². The van der Waals surface area contributed by atoms with E-state index < -0.39 is 47.4 Å². The lowest BCUT2D eigenvalue weighted by atomic mass is 9.89. The molecule has 0 radical (unpaired) electrons. The lowest BCUT2D eigenvalue weighted by Gasteiger charge is -2.37. The van der Waals surface area contributed by atoms with Gasteiger partial charge >= 0.3 is 0 Å². The molecule has 0 aliphatic carbocycles. The van der Waals surface area contributed by atoms with Gasteiger partial charge in [0.05, 0.1) is 16.8 Å². The molecule has 2 aromatic carbocycles. The van der Waals surface area contributed by atoms with Crippen molar-refractivity contribution in [2.24, 2.45) is 5.92 Å². The van der Waals surface area contributed by atoms with Crippen molar-refractivity contribution in [3.8, 4) is 0 Å². The van der Waals surface area contributed by atoms with E-state index in [1.54, 1.807) is 6.92 Å². The molecule has 0 amide bonds. The highest BCUT2D eigenvalue weighted by Crippen LogP contribution is 2.33. The maximum Gasteiger partial charge on any atom is 0.186 e. The van der Waals surface area contributed by atoms with Crippen molar-refractivity contribution in [1.29, 1.82) is 0 Å². The minimum atomic E-state index is -4.12. The highest BCUT2D eigenvalue weighted by molar-refractivity contribution is 7.96. The Morgan fingerprint density at radius 3 is 2.39 bits per heavy atom. The summed E-state index contributed by atoms with van der Waals surface area (Å²) in [5, 5.41) is -1.14. The third kappa shape index (κ3) is 4.86. The molecule has 0 unspecified atom stereocenters. The van der Waals surface area contributed by atoms with E-state index in [9.17, 15) is 21.2 Å². The Bertz CT molecular complexity index is 1140. The van der Waals surface area contributed by atoms with Crippen LogP contribution in [0, 0.1) is 18.7 Å². The molecule has 5 nitrogen and oxygen atoms in total. The summed E-state index contributed by atoms with van der Waals surface area (Å²) in [5.74, 6) is -0.971. The fraction of sp³-hybridized carbons (Fsp3) is 0.478. The fourth-order valence-electron chi connectivity index (χ4n) is 4.86. The predicted octanol–water partition coefficient (Wildman–Crippen LogP) is 3.03. The molecule has 168 valence electrons. The molecular formula is C23H28FNO4S2. The Kier molecular flexibility index (Phi) is 6.25. The Hall–Kier alpha value is -1.77. The third-order valence-electron chi connectivity index (χ3n) is 6.55. The largest absolute Gasteiger partial charge is 0.298 e. The van der Waals surface area contributed by atoms with Gasteiger partial charge in [-0.1, -0.05) is 36.4 Å². The summed E-state index contributed by atoms with van der Waals surface area (Å²) in [4.78, 5) is 1.61. The third-order valence-corrected chi connectivity index (χ3v) is 10.7.